The van der Waals surface area contributed by atoms with Gasteiger partial charge < -0.3 is 19.7 Å². The van der Waals surface area contributed by atoms with Gasteiger partial charge in [-0.3, -0.25) is 0 Å². The van der Waals surface area contributed by atoms with Crippen molar-refractivity contribution >= 4 is 23.0 Å². The number of benzene rings is 3. The van der Waals surface area contributed by atoms with Crippen LogP contribution in [0.5, 0.6) is 5.75 Å². The normalized spacial score (nSPS) is 11.5. The molecule has 3 rings (SSSR count). The van der Waals surface area contributed by atoms with Gasteiger partial charge in [0.1, 0.15) is 11.4 Å². The van der Waals surface area contributed by atoms with Gasteiger partial charge >= 0.3 is 6.09 Å². The van der Waals surface area contributed by atoms with Crippen LogP contribution in [0.1, 0.15) is 72.1 Å². The minimum Gasteiger partial charge on any atom is -0.493 e. The maximum atomic E-state index is 12.9. The van der Waals surface area contributed by atoms with Crippen LogP contribution in [0.2, 0.25) is 0 Å². The number of anilines is 2. The van der Waals surface area contributed by atoms with Crippen LogP contribution in [0.3, 0.4) is 0 Å². The topological polar surface area (TPSA) is 50.8 Å². The summed E-state index contributed by atoms with van der Waals surface area (Å²) in [6.07, 6.45) is 8.24. The Morgan fingerprint density at radius 2 is 1.59 bits per heavy atom. The van der Waals surface area contributed by atoms with Gasteiger partial charge in [0.2, 0.25) is 0 Å². The van der Waals surface area contributed by atoms with Gasteiger partial charge in [0.25, 0.3) is 0 Å². The van der Waals surface area contributed by atoms with Crippen molar-refractivity contribution in [2.24, 2.45) is 5.92 Å². The molecule has 0 bridgehead atoms. The summed E-state index contributed by atoms with van der Waals surface area (Å²) < 4.78 is 11.6. The van der Waals surface area contributed by atoms with Crippen LogP contribution in [0.15, 0.2) is 104 Å². The molecule has 0 saturated carbocycles. The van der Waals surface area contributed by atoms with E-state index in [-0.39, 0.29) is 6.09 Å². The second-order valence-corrected chi connectivity index (χ2v) is 12.2. The molecule has 236 valence electrons. The predicted octanol–water partition coefficient (Wildman–Crippen LogP) is 10.6. The lowest BCUT2D eigenvalue weighted by molar-refractivity contribution is 0.0236. The van der Waals surface area contributed by atoms with E-state index in [1.54, 1.807) is 11.0 Å². The van der Waals surface area contributed by atoms with Crippen molar-refractivity contribution in [3.63, 3.8) is 0 Å². The standard InChI is InChI=1S/C35H42N2O3.C4H10/c1-7-13-29(14-8-2)32-25-31(21-22-33(32)39-9-3)36-30-19-17-27(18-20-30)23-24-37(34(38)40-35(4,5)6)26-28-15-11-10-12-16-28;1-4(2)3/h7-8,10-22,25,36H,1,9,23-24,26H2,2-6H3;4H,1-3H3/b14-8-,29-13+;. The summed E-state index contributed by atoms with van der Waals surface area (Å²) >= 11 is 0. The molecule has 3 aromatic carbocycles. The van der Waals surface area contributed by atoms with Crippen LogP contribution >= 0.6 is 0 Å². The predicted molar refractivity (Wildman–Crippen MR) is 188 cm³/mol. The summed E-state index contributed by atoms with van der Waals surface area (Å²) in [6, 6.07) is 24.4. The molecule has 0 radical (unpaired) electrons. The molecule has 44 heavy (non-hydrogen) atoms. The number of nitrogens with one attached hydrogen (secondary N) is 1. The maximum absolute atomic E-state index is 12.9. The van der Waals surface area contributed by atoms with E-state index in [2.05, 4.69) is 69.1 Å². The van der Waals surface area contributed by atoms with E-state index in [4.69, 9.17) is 9.47 Å². The van der Waals surface area contributed by atoms with E-state index in [0.29, 0.717) is 19.7 Å². The third kappa shape index (κ3) is 13.4. The van der Waals surface area contributed by atoms with Gasteiger partial charge in [-0.05, 0) is 94.0 Å². The van der Waals surface area contributed by atoms with E-state index < -0.39 is 5.60 Å². The highest BCUT2D eigenvalue weighted by Crippen LogP contribution is 2.32. The van der Waals surface area contributed by atoms with Gasteiger partial charge in [0, 0.05) is 30.0 Å². The Bertz CT molecular complexity index is 1350. The highest BCUT2D eigenvalue weighted by molar-refractivity contribution is 5.81. The SMILES string of the molecule is C=C/C=C(\C=C/C)c1cc(Nc2ccc(CCN(Cc3ccccc3)C(=O)OC(C)(C)C)cc2)ccc1OCC.CC(C)C. The van der Waals surface area contributed by atoms with Gasteiger partial charge in [-0.2, -0.15) is 0 Å². The molecule has 0 saturated heterocycles. The molecule has 0 fully saturated rings. The van der Waals surface area contributed by atoms with Crippen molar-refractivity contribution < 1.29 is 14.3 Å². The monoisotopic (exact) mass is 596 g/mol. The Hall–Kier alpha value is -4.25. The van der Waals surface area contributed by atoms with Crippen LogP contribution in [-0.4, -0.2) is 29.7 Å². The molecule has 3 aromatic rings. The van der Waals surface area contributed by atoms with Gasteiger partial charge in [-0.15, -0.1) is 0 Å². The second kappa shape index (κ2) is 18.4. The Morgan fingerprint density at radius 1 is 0.955 bits per heavy atom. The molecule has 5 nitrogen and oxygen atoms in total. The number of hydrogen-bond donors (Lipinski definition) is 1. The zero-order chi connectivity index (χ0) is 32.5. The summed E-state index contributed by atoms with van der Waals surface area (Å²) in [6.45, 7) is 21.7. The quantitative estimate of drug-likeness (QED) is 0.211. The van der Waals surface area contributed by atoms with E-state index in [9.17, 15) is 4.79 Å². The van der Waals surface area contributed by atoms with Crippen molar-refractivity contribution in [3.05, 3.63) is 120 Å². The molecular weight excluding hydrogens is 544 g/mol. The Morgan fingerprint density at radius 3 is 2.16 bits per heavy atom. The number of rotatable bonds is 12. The third-order valence-corrected chi connectivity index (χ3v) is 6.02. The molecule has 1 N–H and O–H groups in total. The molecule has 0 spiro atoms. The number of hydrogen-bond acceptors (Lipinski definition) is 4. The third-order valence-electron chi connectivity index (χ3n) is 6.02. The summed E-state index contributed by atoms with van der Waals surface area (Å²) in [5, 5.41) is 3.50. The fourth-order valence-electron chi connectivity index (χ4n) is 4.21. The van der Waals surface area contributed by atoms with Gasteiger partial charge in [-0.1, -0.05) is 94.1 Å². The van der Waals surface area contributed by atoms with E-state index in [1.165, 1.54) is 0 Å². The average Bonchev–Trinajstić information content (AvgIpc) is 2.96. The first-order valence-corrected chi connectivity index (χ1v) is 15.6. The molecule has 0 unspecified atom stereocenters. The Labute approximate surface area is 266 Å². The van der Waals surface area contributed by atoms with Crippen LogP contribution < -0.4 is 10.1 Å². The molecular formula is C39H52N2O3. The lowest BCUT2D eigenvalue weighted by atomic mass is 10.0. The molecule has 0 aromatic heterocycles. The fourth-order valence-corrected chi connectivity index (χ4v) is 4.21. The molecule has 0 aliphatic rings. The van der Waals surface area contributed by atoms with Crippen LogP contribution in [-0.2, 0) is 17.7 Å². The first-order chi connectivity index (χ1) is 20.9. The van der Waals surface area contributed by atoms with Crippen molar-refractivity contribution in [3.8, 4) is 5.75 Å². The van der Waals surface area contributed by atoms with Crippen molar-refractivity contribution in [1.29, 1.82) is 0 Å². The van der Waals surface area contributed by atoms with Crippen LogP contribution in [0.25, 0.3) is 5.57 Å². The molecule has 1 amide bonds. The number of ether oxygens (including phenoxy) is 2. The van der Waals surface area contributed by atoms with Gasteiger partial charge in [0.15, 0.2) is 0 Å². The maximum Gasteiger partial charge on any atom is 0.410 e. The van der Waals surface area contributed by atoms with Gasteiger partial charge in [-0.25, -0.2) is 4.79 Å². The highest BCUT2D eigenvalue weighted by Gasteiger charge is 2.22. The average molecular weight is 597 g/mol. The molecule has 0 atom stereocenters. The second-order valence-electron chi connectivity index (χ2n) is 12.2. The van der Waals surface area contributed by atoms with Crippen molar-refractivity contribution in [2.45, 2.75) is 74.0 Å². The molecule has 0 aliphatic heterocycles. The fraction of sp³-hybridized carbons (Fsp3) is 0.359. The van der Waals surface area contributed by atoms with Crippen molar-refractivity contribution in [1.82, 2.24) is 4.90 Å². The summed E-state index contributed by atoms with van der Waals surface area (Å²) in [7, 11) is 0. The minimum atomic E-state index is -0.546. The van der Waals surface area contributed by atoms with E-state index >= 15 is 0 Å². The van der Waals surface area contributed by atoms with Gasteiger partial charge in [0.05, 0.1) is 6.61 Å². The smallest absolute Gasteiger partial charge is 0.410 e. The number of carbonyl (C=O) groups excluding carboxylic acids is 1. The Balaban J connectivity index is 0.00000159. The summed E-state index contributed by atoms with van der Waals surface area (Å²) in [5.74, 6) is 1.67. The molecule has 0 heterocycles. The number of carbonyl (C=O) groups is 1. The zero-order valence-corrected chi connectivity index (χ0v) is 28.0. The van der Waals surface area contributed by atoms with E-state index in [1.807, 2.05) is 89.2 Å². The lowest BCUT2D eigenvalue weighted by Crippen LogP contribution is -2.37. The first kappa shape index (κ1) is 35.9. The van der Waals surface area contributed by atoms with Crippen LogP contribution in [0.4, 0.5) is 16.2 Å². The first-order valence-electron chi connectivity index (χ1n) is 15.6. The largest absolute Gasteiger partial charge is 0.493 e. The number of nitrogens with zero attached hydrogens (tertiary/aromatic N) is 1. The molecule has 5 heteroatoms. The summed E-state index contributed by atoms with van der Waals surface area (Å²) in [4.78, 5) is 14.7. The number of allylic oxidation sites excluding steroid dienone is 5. The molecule has 0 aliphatic carbocycles. The highest BCUT2D eigenvalue weighted by atomic mass is 16.6. The number of amides is 1. The zero-order valence-electron chi connectivity index (χ0n) is 28.0. The minimum absolute atomic E-state index is 0.302. The summed E-state index contributed by atoms with van der Waals surface area (Å²) in [5.41, 5.74) is 5.64. The van der Waals surface area contributed by atoms with E-state index in [0.717, 1.165) is 51.7 Å². The Kier molecular flexibility index (Phi) is 15.0. The lowest BCUT2D eigenvalue weighted by Gasteiger charge is -2.27. The van der Waals surface area contributed by atoms with Crippen LogP contribution in [0, 0.1) is 5.92 Å². The van der Waals surface area contributed by atoms with Crippen molar-refractivity contribution in [2.75, 3.05) is 18.5 Å².